The van der Waals surface area contributed by atoms with E-state index in [4.69, 9.17) is 0 Å². The Morgan fingerprint density at radius 2 is 2.04 bits per heavy atom. The van der Waals surface area contributed by atoms with Crippen LogP contribution in [-0.4, -0.2) is 46.2 Å². The van der Waals surface area contributed by atoms with Crippen molar-refractivity contribution in [3.8, 4) is 0 Å². The highest BCUT2D eigenvalue weighted by Crippen LogP contribution is 2.49. The van der Waals surface area contributed by atoms with E-state index in [0.717, 1.165) is 12.2 Å². The molecule has 148 valence electrons. The predicted molar refractivity (Wildman–Crippen MR) is 103 cm³/mol. The van der Waals surface area contributed by atoms with Gasteiger partial charge in [-0.1, -0.05) is 25.3 Å². The maximum Gasteiger partial charge on any atom is 0.250 e. The molecule has 1 aromatic rings. The summed E-state index contributed by atoms with van der Waals surface area (Å²) in [7, 11) is 0. The summed E-state index contributed by atoms with van der Waals surface area (Å²) in [6, 6.07) is 5.18. The van der Waals surface area contributed by atoms with E-state index in [1.165, 1.54) is 32.1 Å². The van der Waals surface area contributed by atoms with Crippen LogP contribution in [0, 0.1) is 17.8 Å². The maximum atomic E-state index is 12.9. The smallest absolute Gasteiger partial charge is 0.250 e. The van der Waals surface area contributed by atoms with Crippen LogP contribution in [0.3, 0.4) is 0 Å². The molecule has 0 bridgehead atoms. The van der Waals surface area contributed by atoms with Gasteiger partial charge in [0.15, 0.2) is 0 Å². The van der Waals surface area contributed by atoms with Gasteiger partial charge in [-0.15, -0.1) is 0 Å². The van der Waals surface area contributed by atoms with Crippen molar-refractivity contribution >= 4 is 5.91 Å². The summed E-state index contributed by atoms with van der Waals surface area (Å²) in [5.41, 5.74) is 1.03. The number of fused-ring (bicyclic) bond motifs is 3. The Balaban J connectivity index is 1.71. The molecule has 1 amide bonds. The maximum absolute atomic E-state index is 12.9. The molecule has 27 heavy (non-hydrogen) atoms. The molecule has 1 aromatic heterocycles. The average molecular weight is 373 g/mol. The van der Waals surface area contributed by atoms with Crippen LogP contribution in [0.2, 0.25) is 0 Å². The van der Waals surface area contributed by atoms with Gasteiger partial charge in [0.05, 0.1) is 12.1 Å². The molecule has 4 rings (SSSR count). The fourth-order valence-electron chi connectivity index (χ4n) is 5.71. The summed E-state index contributed by atoms with van der Waals surface area (Å²) in [4.78, 5) is 27.6. The van der Waals surface area contributed by atoms with Gasteiger partial charge in [0.25, 0.3) is 5.56 Å². The van der Waals surface area contributed by atoms with Gasteiger partial charge in [-0.3, -0.25) is 14.5 Å². The van der Waals surface area contributed by atoms with Crippen LogP contribution >= 0.6 is 0 Å². The van der Waals surface area contributed by atoms with Gasteiger partial charge >= 0.3 is 0 Å². The van der Waals surface area contributed by atoms with Crippen molar-refractivity contribution in [3.63, 3.8) is 0 Å². The minimum Gasteiger partial charge on any atom is -0.396 e. The third kappa shape index (κ3) is 3.23. The van der Waals surface area contributed by atoms with Gasteiger partial charge in [0.1, 0.15) is 0 Å². The molecule has 6 heteroatoms. The lowest BCUT2D eigenvalue weighted by Gasteiger charge is -2.34. The van der Waals surface area contributed by atoms with Crippen molar-refractivity contribution in [1.82, 2.24) is 14.8 Å². The topological polar surface area (TPSA) is 74.6 Å². The molecule has 0 spiro atoms. The minimum absolute atomic E-state index is 0.0192. The average Bonchev–Trinajstić information content (AvgIpc) is 3.19. The predicted octanol–water partition coefficient (Wildman–Crippen LogP) is 1.53. The highest BCUT2D eigenvalue weighted by Gasteiger charge is 2.55. The first kappa shape index (κ1) is 18.7. The monoisotopic (exact) mass is 373 g/mol. The Morgan fingerprint density at radius 1 is 1.26 bits per heavy atom. The van der Waals surface area contributed by atoms with Crippen molar-refractivity contribution in [2.45, 2.75) is 57.7 Å². The van der Waals surface area contributed by atoms with Crippen LogP contribution in [-0.2, 0) is 11.3 Å². The highest BCUT2D eigenvalue weighted by molar-refractivity contribution is 5.82. The molecule has 1 aliphatic carbocycles. The Kier molecular flexibility index (Phi) is 5.37. The molecule has 0 aromatic carbocycles. The van der Waals surface area contributed by atoms with Crippen LogP contribution in [0.1, 0.15) is 50.8 Å². The summed E-state index contributed by atoms with van der Waals surface area (Å²) in [6.45, 7) is 3.98. The van der Waals surface area contributed by atoms with E-state index in [9.17, 15) is 14.7 Å². The number of rotatable bonds is 5. The number of pyridine rings is 1. The first-order valence-corrected chi connectivity index (χ1v) is 10.5. The number of likely N-dealkylation sites (tertiary alicyclic amines) is 1. The molecular weight excluding hydrogens is 342 g/mol. The van der Waals surface area contributed by atoms with Crippen molar-refractivity contribution in [1.29, 1.82) is 0 Å². The summed E-state index contributed by atoms with van der Waals surface area (Å²) >= 11 is 0. The number of amides is 1. The molecule has 6 nitrogen and oxygen atoms in total. The second-order valence-corrected chi connectivity index (χ2v) is 8.39. The third-order valence-corrected chi connectivity index (χ3v) is 6.88. The van der Waals surface area contributed by atoms with Gasteiger partial charge in [-0.2, -0.15) is 0 Å². The second-order valence-electron chi connectivity index (χ2n) is 8.39. The van der Waals surface area contributed by atoms with Gasteiger partial charge in [0, 0.05) is 49.8 Å². The molecule has 3 heterocycles. The fourth-order valence-corrected chi connectivity index (χ4v) is 5.71. The molecule has 2 aliphatic heterocycles. The SMILES string of the molecule is CCNC(=O)[C@@H]1[C@@H](CO)[C@@H]2Cn3c(cccc3=O)[C@@H]2N1CC1CCCCC1. The van der Waals surface area contributed by atoms with Gasteiger partial charge < -0.3 is 15.0 Å². The zero-order valence-corrected chi connectivity index (χ0v) is 16.1. The minimum atomic E-state index is -0.309. The number of aromatic nitrogens is 1. The summed E-state index contributed by atoms with van der Waals surface area (Å²) in [5.74, 6) is 0.593. The number of hydrogen-bond donors (Lipinski definition) is 2. The van der Waals surface area contributed by atoms with Crippen molar-refractivity contribution in [2.75, 3.05) is 19.7 Å². The zero-order valence-electron chi connectivity index (χ0n) is 16.1. The normalized spacial score (nSPS) is 30.9. The van der Waals surface area contributed by atoms with Crippen LogP contribution in [0.25, 0.3) is 0 Å². The Bertz CT molecular complexity index is 740. The van der Waals surface area contributed by atoms with Gasteiger partial charge in [-0.25, -0.2) is 0 Å². The molecular formula is C21H31N3O3. The first-order chi connectivity index (χ1) is 13.2. The van der Waals surface area contributed by atoms with Gasteiger partial charge in [-0.05, 0) is 31.7 Å². The number of carbonyl (C=O) groups is 1. The Labute approximate surface area is 160 Å². The van der Waals surface area contributed by atoms with E-state index in [2.05, 4.69) is 10.2 Å². The molecule has 1 saturated heterocycles. The Morgan fingerprint density at radius 3 is 2.74 bits per heavy atom. The van der Waals surface area contributed by atoms with Crippen LogP contribution in [0.15, 0.2) is 23.0 Å². The standard InChI is InChI=1S/C21H31N3O3/c1-2-22-21(27)20-16(13-25)15-12-23-17(9-6-10-18(23)26)19(15)24(20)11-14-7-4-3-5-8-14/h6,9-10,14-16,19-20,25H,2-5,7-8,11-13H2,1H3,(H,22,27)/t15-,16-,19+,20-/m0/s1. The largest absolute Gasteiger partial charge is 0.396 e. The zero-order chi connectivity index (χ0) is 19.0. The number of aliphatic hydroxyl groups excluding tert-OH is 1. The third-order valence-electron chi connectivity index (χ3n) is 6.88. The number of carbonyl (C=O) groups excluding carboxylic acids is 1. The van der Waals surface area contributed by atoms with Crippen molar-refractivity contribution in [2.24, 2.45) is 17.8 Å². The van der Waals surface area contributed by atoms with Crippen LogP contribution in [0.5, 0.6) is 0 Å². The number of nitrogens with one attached hydrogen (secondary N) is 1. The van der Waals surface area contributed by atoms with Crippen LogP contribution in [0.4, 0.5) is 0 Å². The van der Waals surface area contributed by atoms with E-state index in [0.29, 0.717) is 19.0 Å². The lowest BCUT2D eigenvalue weighted by Crippen LogP contribution is -2.49. The number of aliphatic hydroxyl groups is 1. The summed E-state index contributed by atoms with van der Waals surface area (Å²) in [5, 5.41) is 13.2. The number of hydrogen-bond acceptors (Lipinski definition) is 4. The first-order valence-electron chi connectivity index (χ1n) is 10.5. The van der Waals surface area contributed by atoms with Crippen molar-refractivity contribution < 1.29 is 9.90 Å². The summed E-state index contributed by atoms with van der Waals surface area (Å²) in [6.07, 6.45) is 6.25. The number of likely N-dealkylation sites (N-methyl/N-ethyl adjacent to an activating group) is 1. The van der Waals surface area contributed by atoms with E-state index in [1.807, 2.05) is 23.6 Å². The molecule has 0 unspecified atom stereocenters. The Hall–Kier alpha value is -1.66. The van der Waals surface area contributed by atoms with Crippen LogP contribution < -0.4 is 10.9 Å². The molecule has 3 aliphatic rings. The molecule has 1 saturated carbocycles. The lowest BCUT2D eigenvalue weighted by atomic mass is 9.88. The fraction of sp³-hybridized carbons (Fsp3) is 0.714. The lowest BCUT2D eigenvalue weighted by molar-refractivity contribution is -0.128. The molecule has 0 radical (unpaired) electrons. The van der Waals surface area contributed by atoms with E-state index >= 15 is 0 Å². The molecule has 2 N–H and O–H groups in total. The molecule has 4 atom stereocenters. The molecule has 2 fully saturated rings. The van der Waals surface area contributed by atoms with Crippen molar-refractivity contribution in [3.05, 3.63) is 34.2 Å². The van der Waals surface area contributed by atoms with E-state index in [1.54, 1.807) is 6.07 Å². The van der Waals surface area contributed by atoms with Gasteiger partial charge in [0.2, 0.25) is 5.91 Å². The van der Waals surface area contributed by atoms with E-state index < -0.39 is 0 Å². The number of nitrogens with zero attached hydrogens (tertiary/aromatic N) is 2. The summed E-state index contributed by atoms with van der Waals surface area (Å²) < 4.78 is 1.85. The highest BCUT2D eigenvalue weighted by atomic mass is 16.3. The van der Waals surface area contributed by atoms with E-state index in [-0.39, 0.29) is 42.0 Å². The second kappa shape index (κ2) is 7.76. The quantitative estimate of drug-likeness (QED) is 0.821.